The van der Waals surface area contributed by atoms with E-state index in [2.05, 4.69) is 0 Å². The van der Waals surface area contributed by atoms with Gasteiger partial charge in [0, 0.05) is 41.3 Å². The summed E-state index contributed by atoms with van der Waals surface area (Å²) in [4.78, 5) is 0. The van der Waals surface area contributed by atoms with Crippen molar-refractivity contribution in [2.45, 2.75) is 67.5 Å². The quantitative estimate of drug-likeness (QED) is 0.122. The van der Waals surface area contributed by atoms with Gasteiger partial charge in [-0.05, 0) is 35.4 Å². The summed E-state index contributed by atoms with van der Waals surface area (Å²) in [6.45, 7) is -0.815. The molecule has 1 saturated heterocycles. The van der Waals surface area contributed by atoms with Gasteiger partial charge < -0.3 is 85.3 Å². The predicted molar refractivity (Wildman–Crippen MR) is 176 cm³/mol. The molecule has 1 fully saturated rings. The van der Waals surface area contributed by atoms with Crippen molar-refractivity contribution < 1.29 is 85.3 Å². The minimum Gasteiger partial charge on any atom is -0.508 e. The Morgan fingerprint density at radius 3 is 1.85 bits per heavy atom. The zero-order valence-corrected chi connectivity index (χ0v) is 27.3. The molecule has 3 heterocycles. The molecule has 13 N–H and O–H groups in total. The first kappa shape index (κ1) is 36.0. The lowest BCUT2D eigenvalue weighted by Gasteiger charge is -2.46. The molecule has 0 spiro atoms. The minimum atomic E-state index is -1.96. The number of rotatable bonds is 6. The highest BCUT2D eigenvalue weighted by Gasteiger charge is 2.52. The third kappa shape index (κ3) is 6.17. The molecule has 7 rings (SSSR count). The molecule has 4 aromatic carbocycles. The van der Waals surface area contributed by atoms with Gasteiger partial charge in [-0.3, -0.25) is 0 Å². The van der Waals surface area contributed by atoms with Crippen LogP contribution in [0.25, 0.3) is 0 Å². The van der Waals surface area contributed by atoms with Gasteiger partial charge in [-0.25, -0.2) is 0 Å². The van der Waals surface area contributed by atoms with Crippen molar-refractivity contribution in [2.24, 2.45) is 0 Å². The van der Waals surface area contributed by atoms with Crippen LogP contribution in [0.2, 0.25) is 0 Å². The predicted octanol–water partition coefficient (Wildman–Crippen LogP) is 0.819. The van der Waals surface area contributed by atoms with E-state index in [1.807, 2.05) is 0 Å². The number of benzene rings is 4. The van der Waals surface area contributed by atoms with Crippen LogP contribution in [0, 0.1) is 0 Å². The average molecular weight is 741 g/mol. The maximum absolute atomic E-state index is 11.7. The molecule has 17 nitrogen and oxygen atoms in total. The fourth-order valence-corrected chi connectivity index (χ4v) is 7.17. The summed E-state index contributed by atoms with van der Waals surface area (Å²) in [6.07, 6.45) is -14.9. The van der Waals surface area contributed by atoms with Crippen molar-refractivity contribution in [3.63, 3.8) is 0 Å². The second kappa shape index (κ2) is 13.5. The van der Waals surface area contributed by atoms with E-state index in [0.717, 1.165) is 36.4 Å². The van der Waals surface area contributed by atoms with Gasteiger partial charge in [-0.15, -0.1) is 0 Å². The molecule has 0 amide bonds. The molecular formula is C36H36O17. The first-order chi connectivity index (χ1) is 25.2. The second-order valence-corrected chi connectivity index (χ2v) is 13.1. The first-order valence-corrected chi connectivity index (χ1v) is 16.3. The van der Waals surface area contributed by atoms with Gasteiger partial charge in [-0.2, -0.15) is 0 Å². The van der Waals surface area contributed by atoms with Crippen LogP contribution in [0.4, 0.5) is 0 Å². The van der Waals surface area contributed by atoms with Crippen LogP contribution in [-0.4, -0.2) is 116 Å². The van der Waals surface area contributed by atoms with E-state index in [0.29, 0.717) is 0 Å². The average Bonchev–Trinajstić information content (AvgIpc) is 3.11. The summed E-state index contributed by atoms with van der Waals surface area (Å²) in [5.74, 6) is -6.21. The standard InChI is InChI=1S/C36H36O17/c37-11-25-29(47)30(48)31(49)36(51-25)53-35-28(26-21(44)7-14(38)8-24(26)50-33(35)13-2-4-17(40)20(43)6-13)27-22(45)10-18(41)15-9-23(46)32(52-34(15)27)12-1-3-16(39)19(42)5-12/h1-8,10,23,25,28-33,35-49H,9,11H2/t23-,25+,28-,29+,30-,31+,32+,33+,35+,36-/m0/s1. The number of aliphatic hydroxyl groups excluding tert-OH is 5. The van der Waals surface area contributed by atoms with Crippen molar-refractivity contribution in [3.05, 3.63) is 82.4 Å². The summed E-state index contributed by atoms with van der Waals surface area (Å²) in [6, 6.07) is 10.3. The summed E-state index contributed by atoms with van der Waals surface area (Å²) in [7, 11) is 0. The lowest BCUT2D eigenvalue weighted by Crippen LogP contribution is -2.60. The summed E-state index contributed by atoms with van der Waals surface area (Å²) in [5.41, 5.74) is -0.0891. The molecule has 53 heavy (non-hydrogen) atoms. The fraction of sp³-hybridized carbons (Fsp3) is 0.333. The van der Waals surface area contributed by atoms with Crippen molar-refractivity contribution in [1.82, 2.24) is 0 Å². The molecule has 10 atom stereocenters. The van der Waals surface area contributed by atoms with Crippen LogP contribution in [0.5, 0.6) is 57.5 Å². The number of ether oxygens (including phenoxy) is 4. The molecule has 0 aliphatic carbocycles. The molecule has 0 unspecified atom stereocenters. The number of hydrogen-bond donors (Lipinski definition) is 13. The van der Waals surface area contributed by atoms with Crippen molar-refractivity contribution in [3.8, 4) is 57.5 Å². The Morgan fingerprint density at radius 1 is 0.604 bits per heavy atom. The molecule has 17 heteroatoms. The molecule has 0 radical (unpaired) electrons. The van der Waals surface area contributed by atoms with Crippen LogP contribution in [0.1, 0.15) is 45.9 Å². The Balaban J connectivity index is 1.46. The van der Waals surface area contributed by atoms with E-state index < -0.39 is 114 Å². The van der Waals surface area contributed by atoms with Crippen LogP contribution in [0.15, 0.2) is 54.6 Å². The molecule has 282 valence electrons. The van der Waals surface area contributed by atoms with Gasteiger partial charge >= 0.3 is 0 Å². The van der Waals surface area contributed by atoms with Crippen LogP contribution in [0.3, 0.4) is 0 Å². The number of aliphatic hydroxyl groups is 5. The summed E-state index contributed by atoms with van der Waals surface area (Å²) >= 11 is 0. The SMILES string of the molecule is OC[C@H]1O[C@@H](O[C@@H]2[C@H](c3c(O)cc(O)c4c3O[C@H](c3ccc(O)c(O)c3)[C@@H](O)C4)c3c(O)cc(O)cc3O[C@@H]2c2ccc(O)c(O)c2)[C@H](O)[C@@H](O)[C@@H]1O. The molecule has 3 aliphatic heterocycles. The van der Waals surface area contributed by atoms with Crippen molar-refractivity contribution >= 4 is 0 Å². The number of hydrogen-bond acceptors (Lipinski definition) is 17. The Morgan fingerprint density at radius 2 is 1.23 bits per heavy atom. The topological polar surface area (TPSA) is 300 Å². The first-order valence-electron chi connectivity index (χ1n) is 16.3. The summed E-state index contributed by atoms with van der Waals surface area (Å²) < 4.78 is 24.6. The number of aromatic hydroxyl groups is 8. The van der Waals surface area contributed by atoms with Gasteiger partial charge in [0.05, 0.1) is 18.6 Å². The zero-order valence-electron chi connectivity index (χ0n) is 27.3. The molecule has 4 aromatic rings. The third-order valence-corrected chi connectivity index (χ3v) is 9.79. The Bertz CT molecular complexity index is 2030. The third-order valence-electron chi connectivity index (χ3n) is 9.79. The second-order valence-electron chi connectivity index (χ2n) is 13.1. The molecule has 0 aromatic heterocycles. The molecule has 0 bridgehead atoms. The van der Waals surface area contributed by atoms with Crippen LogP contribution in [-0.2, 0) is 15.9 Å². The smallest absolute Gasteiger partial charge is 0.187 e. The Labute approximate surface area is 299 Å². The largest absolute Gasteiger partial charge is 0.508 e. The Hall–Kier alpha value is -5.40. The van der Waals surface area contributed by atoms with Gasteiger partial charge in [0.25, 0.3) is 0 Å². The number of phenolic OH excluding ortho intramolecular Hbond substituents is 8. The zero-order chi connectivity index (χ0) is 38.0. The van der Waals surface area contributed by atoms with Crippen LogP contribution < -0.4 is 9.47 Å². The highest BCUT2D eigenvalue weighted by Crippen LogP contribution is 2.58. The van der Waals surface area contributed by atoms with Gasteiger partial charge in [0.2, 0.25) is 0 Å². The lowest BCUT2D eigenvalue weighted by atomic mass is 9.77. The molecule has 0 saturated carbocycles. The van der Waals surface area contributed by atoms with E-state index in [9.17, 15) is 66.4 Å². The van der Waals surface area contributed by atoms with E-state index in [4.69, 9.17) is 18.9 Å². The van der Waals surface area contributed by atoms with Crippen LogP contribution >= 0.6 is 0 Å². The van der Waals surface area contributed by atoms with Crippen molar-refractivity contribution in [2.75, 3.05) is 6.61 Å². The monoisotopic (exact) mass is 740 g/mol. The molecular weight excluding hydrogens is 704 g/mol. The van der Waals surface area contributed by atoms with E-state index in [-0.39, 0.29) is 45.7 Å². The highest BCUT2D eigenvalue weighted by atomic mass is 16.7. The van der Waals surface area contributed by atoms with E-state index in [1.54, 1.807) is 0 Å². The van der Waals surface area contributed by atoms with Gasteiger partial charge in [0.1, 0.15) is 71.1 Å². The fourth-order valence-electron chi connectivity index (χ4n) is 7.17. The lowest BCUT2D eigenvalue weighted by molar-refractivity contribution is -0.318. The van der Waals surface area contributed by atoms with E-state index >= 15 is 0 Å². The Kier molecular flexibility index (Phi) is 9.19. The highest BCUT2D eigenvalue weighted by molar-refractivity contribution is 5.66. The van der Waals surface area contributed by atoms with E-state index in [1.165, 1.54) is 18.2 Å². The van der Waals surface area contributed by atoms with Crippen molar-refractivity contribution in [1.29, 1.82) is 0 Å². The van der Waals surface area contributed by atoms with Gasteiger partial charge in [0.15, 0.2) is 35.4 Å². The van der Waals surface area contributed by atoms with Gasteiger partial charge in [-0.1, -0.05) is 12.1 Å². The number of phenols is 8. The maximum Gasteiger partial charge on any atom is 0.187 e. The minimum absolute atomic E-state index is 0.0127. The molecule has 3 aliphatic rings. The normalized spacial score (nSPS) is 29.4. The number of fused-ring (bicyclic) bond motifs is 2. The maximum atomic E-state index is 11.7. The summed E-state index contributed by atoms with van der Waals surface area (Å²) in [5, 5.41) is 138.